The fourth-order valence-corrected chi connectivity index (χ4v) is 2.99. The van der Waals surface area contributed by atoms with Gasteiger partial charge in [0.05, 0.1) is 22.3 Å². The van der Waals surface area contributed by atoms with Crippen LogP contribution in [0.25, 0.3) is 22.8 Å². The molecule has 3 aromatic heterocycles. The van der Waals surface area contributed by atoms with E-state index in [9.17, 15) is 4.39 Å². The molecular formula is C18H14FN5OS. The Morgan fingerprint density at radius 1 is 1.12 bits per heavy atom. The van der Waals surface area contributed by atoms with E-state index in [0.29, 0.717) is 17.0 Å². The van der Waals surface area contributed by atoms with Crippen LogP contribution >= 0.6 is 11.3 Å². The first-order valence-corrected chi connectivity index (χ1v) is 8.90. The molecule has 0 aliphatic carbocycles. The molecule has 0 spiro atoms. The second-order valence-corrected chi connectivity index (χ2v) is 6.21. The van der Waals surface area contributed by atoms with Crippen molar-refractivity contribution in [2.24, 2.45) is 0 Å². The van der Waals surface area contributed by atoms with Gasteiger partial charge in [-0.25, -0.2) is 14.4 Å². The molecular weight excluding hydrogens is 353 g/mol. The van der Waals surface area contributed by atoms with Crippen LogP contribution in [-0.4, -0.2) is 26.7 Å². The molecule has 4 rings (SSSR count). The zero-order valence-corrected chi connectivity index (χ0v) is 14.4. The molecule has 130 valence electrons. The van der Waals surface area contributed by atoms with Gasteiger partial charge in [-0.15, -0.1) is 11.3 Å². The minimum absolute atomic E-state index is 0.212. The molecule has 0 radical (unpaired) electrons. The molecule has 0 fully saturated rings. The maximum absolute atomic E-state index is 13.8. The Kier molecular flexibility index (Phi) is 4.65. The van der Waals surface area contributed by atoms with Crippen molar-refractivity contribution in [2.75, 3.05) is 11.9 Å². The van der Waals surface area contributed by atoms with Gasteiger partial charge < -0.3 is 9.84 Å². The highest BCUT2D eigenvalue weighted by molar-refractivity contribution is 7.07. The summed E-state index contributed by atoms with van der Waals surface area (Å²) in [5.41, 5.74) is 3.86. The minimum Gasteiger partial charge on any atom is -0.370 e. The fourth-order valence-electron chi connectivity index (χ4n) is 2.40. The molecule has 26 heavy (non-hydrogen) atoms. The van der Waals surface area contributed by atoms with Crippen molar-refractivity contribution in [1.82, 2.24) is 20.1 Å². The van der Waals surface area contributed by atoms with Crippen molar-refractivity contribution < 1.29 is 8.91 Å². The van der Waals surface area contributed by atoms with E-state index in [0.717, 1.165) is 24.5 Å². The summed E-state index contributed by atoms with van der Waals surface area (Å²) in [6, 6.07) is 9.97. The van der Waals surface area contributed by atoms with E-state index in [-0.39, 0.29) is 5.82 Å². The number of pyridine rings is 1. The molecule has 0 atom stereocenters. The van der Waals surface area contributed by atoms with Crippen molar-refractivity contribution in [3.05, 3.63) is 65.0 Å². The van der Waals surface area contributed by atoms with Crippen LogP contribution in [0, 0.1) is 5.82 Å². The third kappa shape index (κ3) is 3.60. The number of halogens is 1. The number of benzene rings is 1. The zero-order chi connectivity index (χ0) is 17.8. The van der Waals surface area contributed by atoms with E-state index >= 15 is 0 Å². The van der Waals surface area contributed by atoms with Crippen molar-refractivity contribution in [3.8, 4) is 22.8 Å². The molecule has 1 aromatic carbocycles. The van der Waals surface area contributed by atoms with Crippen LogP contribution < -0.4 is 5.32 Å². The lowest BCUT2D eigenvalue weighted by Gasteiger charge is -2.04. The number of hydrogen-bond acceptors (Lipinski definition) is 7. The molecule has 8 heteroatoms. The first kappa shape index (κ1) is 16.3. The second kappa shape index (κ2) is 7.40. The largest absolute Gasteiger partial charge is 0.370 e. The fraction of sp³-hybridized carbons (Fsp3) is 0.111. The summed E-state index contributed by atoms with van der Waals surface area (Å²) in [6.45, 7) is 0.744. The molecule has 3 heterocycles. The lowest BCUT2D eigenvalue weighted by molar-refractivity contribution is 0.431. The van der Waals surface area contributed by atoms with Crippen molar-refractivity contribution in [1.29, 1.82) is 0 Å². The van der Waals surface area contributed by atoms with E-state index in [4.69, 9.17) is 4.52 Å². The van der Waals surface area contributed by atoms with Crippen LogP contribution in [0.4, 0.5) is 10.2 Å². The highest BCUT2D eigenvalue weighted by atomic mass is 32.1. The van der Waals surface area contributed by atoms with Gasteiger partial charge >= 0.3 is 0 Å². The average Bonchev–Trinajstić information content (AvgIpc) is 3.35. The smallest absolute Gasteiger partial charge is 0.259 e. The third-order valence-electron chi connectivity index (χ3n) is 3.72. The van der Waals surface area contributed by atoms with Gasteiger partial charge in [0.2, 0.25) is 5.82 Å². The first-order valence-electron chi connectivity index (χ1n) is 7.95. The van der Waals surface area contributed by atoms with Crippen molar-refractivity contribution in [2.45, 2.75) is 6.42 Å². The van der Waals surface area contributed by atoms with E-state index in [2.05, 4.69) is 25.4 Å². The maximum Gasteiger partial charge on any atom is 0.259 e. The van der Waals surface area contributed by atoms with Crippen LogP contribution in [0.5, 0.6) is 0 Å². The first-order chi connectivity index (χ1) is 12.8. The Hall–Kier alpha value is -3.13. The lowest BCUT2D eigenvalue weighted by Crippen LogP contribution is -2.06. The summed E-state index contributed by atoms with van der Waals surface area (Å²) < 4.78 is 19.0. The van der Waals surface area contributed by atoms with Crippen molar-refractivity contribution >= 4 is 17.2 Å². The molecule has 0 aliphatic rings. The normalized spacial score (nSPS) is 10.8. The number of aromatic nitrogens is 4. The Morgan fingerprint density at radius 2 is 2.04 bits per heavy atom. The molecule has 6 nitrogen and oxygen atoms in total. The number of thiazole rings is 1. The predicted molar refractivity (Wildman–Crippen MR) is 97.2 cm³/mol. The van der Waals surface area contributed by atoms with Crippen LogP contribution in [0.1, 0.15) is 5.69 Å². The van der Waals surface area contributed by atoms with Gasteiger partial charge in [-0.2, -0.15) is 4.98 Å². The Labute approximate surface area is 152 Å². The molecule has 0 aliphatic heterocycles. The molecule has 1 N–H and O–H groups in total. The Morgan fingerprint density at radius 3 is 2.81 bits per heavy atom. The third-order valence-corrected chi connectivity index (χ3v) is 4.36. The van der Waals surface area contributed by atoms with Gasteiger partial charge in [-0.1, -0.05) is 17.3 Å². The maximum atomic E-state index is 13.8. The second-order valence-electron chi connectivity index (χ2n) is 5.49. The standard InChI is InChI=1S/C18H14FN5OS/c19-15-4-2-1-3-14(15)17-23-18(25-24-17)12-5-6-16(21-9-12)20-8-7-13-10-26-11-22-13/h1-6,9-11H,7-8H2,(H,20,21). The summed E-state index contributed by atoms with van der Waals surface area (Å²) in [5.74, 6) is 0.865. The topological polar surface area (TPSA) is 76.7 Å². The van der Waals surface area contributed by atoms with Crippen LogP contribution in [0.2, 0.25) is 0 Å². The van der Waals surface area contributed by atoms with Gasteiger partial charge in [0.1, 0.15) is 11.6 Å². The molecule has 0 amide bonds. The average molecular weight is 367 g/mol. The van der Waals surface area contributed by atoms with E-state index in [1.807, 2.05) is 23.0 Å². The van der Waals surface area contributed by atoms with Gasteiger partial charge in [0, 0.05) is 24.5 Å². The monoisotopic (exact) mass is 367 g/mol. The van der Waals surface area contributed by atoms with E-state index in [1.54, 1.807) is 35.7 Å². The summed E-state index contributed by atoms with van der Waals surface area (Å²) in [5, 5.41) is 9.11. The Balaban J connectivity index is 1.43. The van der Waals surface area contributed by atoms with Gasteiger partial charge in [-0.3, -0.25) is 0 Å². The number of rotatable bonds is 6. The zero-order valence-electron chi connectivity index (χ0n) is 13.6. The molecule has 0 bridgehead atoms. The number of nitrogens with zero attached hydrogens (tertiary/aromatic N) is 4. The molecule has 0 saturated heterocycles. The summed E-state index contributed by atoms with van der Waals surface area (Å²) >= 11 is 1.59. The number of hydrogen-bond donors (Lipinski definition) is 1. The van der Waals surface area contributed by atoms with Gasteiger partial charge in [-0.05, 0) is 24.3 Å². The molecule has 0 saturated carbocycles. The summed E-state index contributed by atoms with van der Waals surface area (Å²) in [6.07, 6.45) is 2.48. The predicted octanol–water partition coefficient (Wildman–Crippen LogP) is 4.05. The van der Waals surface area contributed by atoms with Crippen molar-refractivity contribution in [3.63, 3.8) is 0 Å². The highest BCUT2D eigenvalue weighted by Crippen LogP contribution is 2.24. The Bertz CT molecular complexity index is 985. The number of nitrogens with one attached hydrogen (secondary N) is 1. The van der Waals surface area contributed by atoms with E-state index in [1.165, 1.54) is 6.07 Å². The van der Waals surface area contributed by atoms with Gasteiger partial charge in [0.15, 0.2) is 0 Å². The molecule has 0 unspecified atom stereocenters. The molecule has 4 aromatic rings. The SMILES string of the molecule is Fc1ccccc1-c1noc(-c2ccc(NCCc3cscn3)nc2)n1. The number of anilines is 1. The summed E-state index contributed by atoms with van der Waals surface area (Å²) in [4.78, 5) is 12.8. The minimum atomic E-state index is -0.391. The summed E-state index contributed by atoms with van der Waals surface area (Å²) in [7, 11) is 0. The van der Waals surface area contributed by atoms with E-state index < -0.39 is 5.82 Å². The van der Waals surface area contributed by atoms with Gasteiger partial charge in [0.25, 0.3) is 5.89 Å². The quantitative estimate of drug-likeness (QED) is 0.554. The van der Waals surface area contributed by atoms with Crippen LogP contribution in [0.15, 0.2) is 58.0 Å². The van der Waals surface area contributed by atoms with Crippen LogP contribution in [0.3, 0.4) is 0 Å². The van der Waals surface area contributed by atoms with Crippen LogP contribution in [-0.2, 0) is 6.42 Å². The lowest BCUT2D eigenvalue weighted by atomic mass is 10.2. The highest BCUT2D eigenvalue weighted by Gasteiger charge is 2.13.